The molecule has 0 bridgehead atoms. The van der Waals surface area contributed by atoms with Crippen molar-refractivity contribution < 1.29 is 43.1 Å². The average Bonchev–Trinajstić information content (AvgIpc) is 3.47. The number of ketones is 1. The molecule has 9 heteroatoms. The van der Waals surface area contributed by atoms with Crippen LogP contribution in [0.3, 0.4) is 0 Å². The number of phenolic OH excluding ortho intramolecular Hbond substituents is 1. The predicted molar refractivity (Wildman–Crippen MR) is 125 cm³/mol. The second kappa shape index (κ2) is 8.23. The van der Waals surface area contributed by atoms with E-state index in [1.54, 1.807) is 42.5 Å². The summed E-state index contributed by atoms with van der Waals surface area (Å²) in [5.74, 6) is 1.28. The van der Waals surface area contributed by atoms with Gasteiger partial charge in [-0.3, -0.25) is 9.59 Å². The summed E-state index contributed by atoms with van der Waals surface area (Å²) in [5.41, 5.74) is 2.23. The van der Waals surface area contributed by atoms with Crippen molar-refractivity contribution in [1.29, 1.82) is 0 Å². The molecule has 0 saturated heterocycles. The molecule has 0 aromatic heterocycles. The van der Waals surface area contributed by atoms with Crippen molar-refractivity contribution in [3.05, 3.63) is 70.5 Å². The number of carbonyl (C=O) groups is 2. The lowest BCUT2D eigenvalue weighted by Crippen LogP contribution is -2.21. The molecular weight excluding hydrogens is 468 g/mol. The Bertz CT molecular complexity index is 1470. The van der Waals surface area contributed by atoms with Gasteiger partial charge in [-0.25, -0.2) is 0 Å². The lowest BCUT2D eigenvalue weighted by Gasteiger charge is -2.26. The van der Waals surface area contributed by atoms with E-state index in [9.17, 15) is 14.7 Å². The topological polar surface area (TPSA) is 110 Å². The molecule has 9 nitrogen and oxygen atoms in total. The zero-order valence-corrected chi connectivity index (χ0v) is 19.3. The van der Waals surface area contributed by atoms with E-state index in [0.717, 1.165) is 5.56 Å². The van der Waals surface area contributed by atoms with Crippen LogP contribution in [0.25, 0.3) is 6.08 Å². The van der Waals surface area contributed by atoms with E-state index in [4.69, 9.17) is 28.4 Å². The van der Waals surface area contributed by atoms with E-state index in [0.29, 0.717) is 51.2 Å². The fourth-order valence-corrected chi connectivity index (χ4v) is 4.69. The molecule has 0 spiro atoms. The van der Waals surface area contributed by atoms with Gasteiger partial charge in [0.25, 0.3) is 0 Å². The standard InChI is InChI=1S/C27H20O9/c1-31-18-5-3-13(7-17(18)28)8-20-25(30)15-4-6-19-24(26(15)36-20)16(11-23(29)35-19)14-9-21(32-2)27-22(10-14)33-12-34-27/h3-10,16,28H,11-12H2,1-2H3/b20-8-/t16-/m1/s1. The number of hydrogen-bond donors (Lipinski definition) is 1. The summed E-state index contributed by atoms with van der Waals surface area (Å²) in [7, 11) is 2.98. The lowest BCUT2D eigenvalue weighted by atomic mass is 9.84. The third kappa shape index (κ3) is 3.39. The lowest BCUT2D eigenvalue weighted by molar-refractivity contribution is -0.135. The Labute approximate surface area is 205 Å². The van der Waals surface area contributed by atoms with Crippen molar-refractivity contribution in [3.8, 4) is 40.2 Å². The molecule has 3 aromatic carbocycles. The Morgan fingerprint density at radius 3 is 2.53 bits per heavy atom. The highest BCUT2D eigenvalue weighted by Gasteiger charge is 2.39. The molecule has 1 N–H and O–H groups in total. The van der Waals surface area contributed by atoms with Crippen LogP contribution >= 0.6 is 0 Å². The van der Waals surface area contributed by atoms with Crippen molar-refractivity contribution in [1.82, 2.24) is 0 Å². The summed E-state index contributed by atoms with van der Waals surface area (Å²) in [6.07, 6.45) is 1.58. The third-order valence-corrected chi connectivity index (χ3v) is 6.36. The largest absolute Gasteiger partial charge is 0.504 e. The molecule has 0 radical (unpaired) electrons. The predicted octanol–water partition coefficient (Wildman–Crippen LogP) is 4.20. The third-order valence-electron chi connectivity index (χ3n) is 6.36. The van der Waals surface area contributed by atoms with Gasteiger partial charge in [-0.2, -0.15) is 0 Å². The molecule has 3 aromatic rings. The molecule has 3 aliphatic heterocycles. The number of ether oxygens (including phenoxy) is 6. The van der Waals surface area contributed by atoms with Crippen molar-refractivity contribution in [3.63, 3.8) is 0 Å². The first-order valence-electron chi connectivity index (χ1n) is 11.1. The van der Waals surface area contributed by atoms with E-state index in [-0.39, 0.29) is 30.5 Å². The fourth-order valence-electron chi connectivity index (χ4n) is 4.69. The highest BCUT2D eigenvalue weighted by atomic mass is 16.7. The van der Waals surface area contributed by atoms with Crippen LogP contribution < -0.4 is 28.4 Å². The zero-order valence-electron chi connectivity index (χ0n) is 19.3. The minimum atomic E-state index is -0.475. The summed E-state index contributed by atoms with van der Waals surface area (Å²) in [6.45, 7) is 0.0700. The number of fused-ring (bicyclic) bond motifs is 4. The molecular formula is C27H20O9. The number of hydrogen-bond acceptors (Lipinski definition) is 9. The highest BCUT2D eigenvalue weighted by Crippen LogP contribution is 2.51. The summed E-state index contributed by atoms with van der Waals surface area (Å²) in [4.78, 5) is 25.7. The summed E-state index contributed by atoms with van der Waals surface area (Å²) in [6, 6.07) is 11.5. The Morgan fingerprint density at radius 1 is 0.917 bits per heavy atom. The second-order valence-corrected chi connectivity index (χ2v) is 8.41. The maximum atomic E-state index is 13.2. The smallest absolute Gasteiger partial charge is 0.312 e. The normalized spacial score (nSPS) is 18.4. The van der Waals surface area contributed by atoms with Gasteiger partial charge in [0.1, 0.15) is 11.5 Å². The fraction of sp³-hybridized carbons (Fsp3) is 0.185. The molecule has 3 aliphatic rings. The number of aromatic hydroxyl groups is 1. The molecule has 1 atom stereocenters. The first kappa shape index (κ1) is 21.8. The van der Waals surface area contributed by atoms with Crippen molar-refractivity contribution >= 4 is 17.8 Å². The zero-order chi connectivity index (χ0) is 25.0. The number of methoxy groups -OCH3 is 2. The minimum Gasteiger partial charge on any atom is -0.504 e. The number of esters is 1. The maximum Gasteiger partial charge on any atom is 0.312 e. The van der Waals surface area contributed by atoms with Crippen molar-refractivity contribution in [2.24, 2.45) is 0 Å². The van der Waals surface area contributed by atoms with Crippen LogP contribution in [0.15, 0.2) is 48.2 Å². The molecule has 36 heavy (non-hydrogen) atoms. The Morgan fingerprint density at radius 2 is 1.75 bits per heavy atom. The number of rotatable bonds is 4. The van der Waals surface area contributed by atoms with E-state index in [1.807, 2.05) is 0 Å². The van der Waals surface area contributed by atoms with Crippen LogP contribution in [0, 0.1) is 0 Å². The van der Waals surface area contributed by atoms with Gasteiger partial charge < -0.3 is 33.5 Å². The van der Waals surface area contributed by atoms with E-state index < -0.39 is 11.9 Å². The number of Topliss-reactive ketones (excluding diaryl/α,β-unsaturated/α-hetero) is 1. The second-order valence-electron chi connectivity index (χ2n) is 8.41. The molecule has 6 rings (SSSR count). The number of benzene rings is 3. The van der Waals surface area contributed by atoms with Gasteiger partial charge in [0, 0.05) is 11.5 Å². The van der Waals surface area contributed by atoms with Crippen LogP contribution in [-0.2, 0) is 4.79 Å². The Kier molecular flexibility index (Phi) is 4.99. The number of allylic oxidation sites excluding steroid dienone is 1. The molecule has 0 aliphatic carbocycles. The molecule has 0 fully saturated rings. The quantitative estimate of drug-likeness (QED) is 0.328. The first-order valence-corrected chi connectivity index (χ1v) is 11.1. The monoisotopic (exact) mass is 488 g/mol. The van der Waals surface area contributed by atoms with E-state index >= 15 is 0 Å². The Balaban J connectivity index is 1.44. The number of phenols is 1. The van der Waals surface area contributed by atoms with Crippen molar-refractivity contribution in [2.75, 3.05) is 21.0 Å². The minimum absolute atomic E-state index is 0.0369. The van der Waals surface area contributed by atoms with Gasteiger partial charge >= 0.3 is 5.97 Å². The summed E-state index contributed by atoms with van der Waals surface area (Å²) in [5, 5.41) is 10.1. The van der Waals surface area contributed by atoms with Crippen LogP contribution in [0.2, 0.25) is 0 Å². The van der Waals surface area contributed by atoms with Gasteiger partial charge in [-0.15, -0.1) is 0 Å². The van der Waals surface area contributed by atoms with Gasteiger partial charge in [0.15, 0.2) is 28.8 Å². The van der Waals surface area contributed by atoms with Gasteiger partial charge in [0.05, 0.1) is 26.2 Å². The number of carbonyl (C=O) groups excluding carboxylic acids is 2. The van der Waals surface area contributed by atoms with Crippen LogP contribution in [-0.4, -0.2) is 37.9 Å². The molecule has 0 saturated carbocycles. The molecule has 0 amide bonds. The van der Waals surface area contributed by atoms with Crippen molar-refractivity contribution in [2.45, 2.75) is 12.3 Å². The van der Waals surface area contributed by atoms with Gasteiger partial charge in [0.2, 0.25) is 18.3 Å². The average molecular weight is 488 g/mol. The molecule has 3 heterocycles. The molecule has 0 unspecified atom stereocenters. The SMILES string of the molecule is COc1ccc(/C=C2\Oc3c(ccc4c3[C@@H](c3cc(OC)c5c(c3)OCO5)CC(=O)O4)C2=O)cc1O. The molecule has 182 valence electrons. The summed E-state index contributed by atoms with van der Waals surface area (Å²) >= 11 is 0. The van der Waals surface area contributed by atoms with Gasteiger partial charge in [-0.05, 0) is 53.6 Å². The first-order chi connectivity index (χ1) is 17.5. The summed E-state index contributed by atoms with van der Waals surface area (Å²) < 4.78 is 33.2. The Hall–Kier alpha value is -4.66. The van der Waals surface area contributed by atoms with Crippen LogP contribution in [0.5, 0.6) is 40.2 Å². The highest BCUT2D eigenvalue weighted by molar-refractivity contribution is 6.15. The van der Waals surface area contributed by atoms with E-state index in [2.05, 4.69) is 0 Å². The van der Waals surface area contributed by atoms with Gasteiger partial charge in [-0.1, -0.05) is 6.07 Å². The van der Waals surface area contributed by atoms with Crippen LogP contribution in [0.1, 0.15) is 39.4 Å². The maximum absolute atomic E-state index is 13.2. The van der Waals surface area contributed by atoms with Crippen LogP contribution in [0.4, 0.5) is 0 Å². The van der Waals surface area contributed by atoms with E-state index in [1.165, 1.54) is 20.3 Å².